The van der Waals surface area contributed by atoms with Crippen molar-refractivity contribution in [3.05, 3.63) is 22.2 Å². The zero-order valence-corrected chi connectivity index (χ0v) is 9.50. The van der Waals surface area contributed by atoms with Crippen molar-refractivity contribution in [1.82, 2.24) is 19.7 Å². The molecule has 0 fully saturated rings. The van der Waals surface area contributed by atoms with E-state index in [1.165, 1.54) is 0 Å². The second-order valence-electron chi connectivity index (χ2n) is 3.76. The minimum absolute atomic E-state index is 0.220. The molecule has 10 nitrogen and oxygen atoms in total. The van der Waals surface area contributed by atoms with Gasteiger partial charge in [-0.2, -0.15) is 14.7 Å². The molecular weight excluding hydrogens is 258 g/mol. The van der Waals surface area contributed by atoms with Crippen molar-refractivity contribution in [3.8, 4) is 11.5 Å². The number of nitrogens with zero attached hydrogens (tertiary/aromatic N) is 4. The Balaban J connectivity index is 2.62. The Morgan fingerprint density at radius 1 is 1.32 bits per heavy atom. The average Bonchev–Trinajstić information content (AvgIpc) is 2.38. The molecule has 0 aromatic rings. The van der Waals surface area contributed by atoms with Gasteiger partial charge in [0.1, 0.15) is 12.2 Å². The van der Waals surface area contributed by atoms with Crippen molar-refractivity contribution in [2.75, 3.05) is 12.3 Å². The summed E-state index contributed by atoms with van der Waals surface area (Å²) in [6, 6.07) is 0. The van der Waals surface area contributed by atoms with E-state index >= 15 is 0 Å². The number of aromatic nitrogens is 4. The third-order valence-corrected chi connectivity index (χ3v) is 2.42. The Morgan fingerprint density at radius 2 is 2.00 bits per heavy atom. The molecule has 0 spiro atoms. The molecule has 2 rings (SSSR count). The first-order valence-corrected chi connectivity index (χ1v) is 5.17. The first kappa shape index (κ1) is 13.1. The molecule has 0 saturated carbocycles. The van der Waals surface area contributed by atoms with E-state index in [9.17, 15) is 20.2 Å². The average molecular weight is 269 g/mol. The summed E-state index contributed by atoms with van der Waals surface area (Å²) in [7, 11) is 0. The van der Waals surface area contributed by atoms with Crippen LogP contribution in [0.3, 0.4) is 0 Å². The summed E-state index contributed by atoms with van der Waals surface area (Å²) >= 11 is 0. The molecule has 0 radical (unpaired) electrons. The van der Waals surface area contributed by atoms with Crippen molar-refractivity contribution >= 4 is 5.95 Å². The molecule has 0 aliphatic carbocycles. The lowest BCUT2D eigenvalue weighted by Crippen LogP contribution is -2.26. The van der Waals surface area contributed by atoms with Crippen LogP contribution < -0.4 is 11.3 Å². The van der Waals surface area contributed by atoms with Gasteiger partial charge < -0.3 is 26.3 Å². The molecule has 0 bridgehead atoms. The quantitative estimate of drug-likeness (QED) is 0.373. The molecule has 0 aromatic heterocycles. The number of aliphatic hydroxyl groups excluding tert-OH is 3. The van der Waals surface area contributed by atoms with Crippen LogP contribution in [-0.2, 0) is 0 Å². The van der Waals surface area contributed by atoms with Crippen molar-refractivity contribution in [2.45, 2.75) is 12.2 Å². The summed E-state index contributed by atoms with van der Waals surface area (Å²) in [5.74, 6) is -0.558. The molecule has 2 heterocycles. The molecule has 0 saturated heterocycles. The van der Waals surface area contributed by atoms with Gasteiger partial charge >= 0.3 is 5.56 Å². The first-order chi connectivity index (χ1) is 8.93. The van der Waals surface area contributed by atoms with Gasteiger partial charge in [-0.3, -0.25) is 4.79 Å². The Bertz CT molecular complexity index is 629. The number of rotatable bonds is 3. The highest BCUT2D eigenvalue weighted by Gasteiger charge is 2.24. The summed E-state index contributed by atoms with van der Waals surface area (Å²) in [6.45, 7) is -0.714. The molecule has 0 aromatic carbocycles. The Labute approximate surface area is 105 Å². The van der Waals surface area contributed by atoms with E-state index in [1.54, 1.807) is 0 Å². The van der Waals surface area contributed by atoms with E-state index < -0.39 is 24.4 Å². The van der Waals surface area contributed by atoms with Gasteiger partial charge in [0.05, 0.1) is 18.5 Å². The van der Waals surface area contributed by atoms with Gasteiger partial charge in [-0.1, -0.05) is 0 Å². The number of nitrogens with two attached hydrogens (primary N) is 1. The lowest BCUT2D eigenvalue weighted by Gasteiger charge is -2.17. The Morgan fingerprint density at radius 3 is 2.63 bits per heavy atom. The normalized spacial score (nSPS) is 14.5. The lowest BCUT2D eigenvalue weighted by molar-refractivity contribution is -0.0183. The number of hydrogen-bond donors (Lipinski definition) is 5. The molecule has 0 amide bonds. The van der Waals surface area contributed by atoms with E-state index in [4.69, 9.17) is 10.8 Å². The summed E-state index contributed by atoms with van der Waals surface area (Å²) in [5, 5.41) is 37.3. The van der Waals surface area contributed by atoms with Gasteiger partial charge in [-0.15, -0.1) is 0 Å². The van der Waals surface area contributed by atoms with E-state index in [1.807, 2.05) is 0 Å². The van der Waals surface area contributed by atoms with E-state index in [2.05, 4.69) is 15.0 Å². The summed E-state index contributed by atoms with van der Waals surface area (Å²) in [6.07, 6.45) is -2.14. The van der Waals surface area contributed by atoms with Gasteiger partial charge in [0.2, 0.25) is 11.8 Å². The second kappa shape index (κ2) is 4.76. The standard InChI is InChI=1S/C9H11N5O5/c10-9-12-7-5(8(18)13-9)11-3(1-14(7)19)6(17)4(16)2-15/h1,4,6,15-17,19H,2H2,(H2,10,13,18). The van der Waals surface area contributed by atoms with E-state index in [0.29, 0.717) is 4.73 Å². The van der Waals surface area contributed by atoms with E-state index in [0.717, 1.165) is 6.20 Å². The number of nitrogen functional groups attached to an aromatic ring is 1. The molecule has 2 aliphatic rings. The maximum absolute atomic E-state index is 11.6. The van der Waals surface area contributed by atoms with Gasteiger partial charge in [0.15, 0.2) is 5.69 Å². The fourth-order valence-corrected chi connectivity index (χ4v) is 1.48. The minimum atomic E-state index is -1.58. The maximum atomic E-state index is 11.6. The van der Waals surface area contributed by atoms with Crippen molar-refractivity contribution in [1.29, 1.82) is 0 Å². The van der Waals surface area contributed by atoms with Crippen LogP contribution in [0.15, 0.2) is 11.0 Å². The summed E-state index contributed by atoms with van der Waals surface area (Å²) in [5.41, 5.74) is 3.89. The molecular formula is C9H11N5O5. The molecule has 2 unspecified atom stereocenters. The van der Waals surface area contributed by atoms with E-state index in [-0.39, 0.29) is 23.2 Å². The highest BCUT2D eigenvalue weighted by molar-refractivity contribution is 5.51. The van der Waals surface area contributed by atoms with Crippen LogP contribution in [0.4, 0.5) is 5.95 Å². The van der Waals surface area contributed by atoms with Crippen molar-refractivity contribution in [3.63, 3.8) is 0 Å². The zero-order chi connectivity index (χ0) is 14.2. The lowest BCUT2D eigenvalue weighted by atomic mass is 10.1. The maximum Gasteiger partial charge on any atom is 0.302 e. The van der Waals surface area contributed by atoms with Crippen LogP contribution in [0.5, 0.6) is 0 Å². The molecule has 19 heavy (non-hydrogen) atoms. The highest BCUT2D eigenvalue weighted by Crippen LogP contribution is 2.19. The SMILES string of the molecule is Nc1nc2n(O)cc(C(O)C(O)CO)nc-2c(=O)n1. The van der Waals surface area contributed by atoms with Crippen molar-refractivity contribution < 1.29 is 20.5 Å². The fourth-order valence-electron chi connectivity index (χ4n) is 1.48. The molecule has 10 heteroatoms. The number of hydrogen-bond acceptors (Lipinski definition) is 9. The fraction of sp³-hybridized carbons (Fsp3) is 0.333. The van der Waals surface area contributed by atoms with Crippen LogP contribution in [0.1, 0.15) is 11.8 Å². The van der Waals surface area contributed by atoms with Crippen LogP contribution in [0.2, 0.25) is 0 Å². The molecule has 2 atom stereocenters. The van der Waals surface area contributed by atoms with Crippen molar-refractivity contribution in [2.24, 2.45) is 0 Å². The minimum Gasteiger partial charge on any atom is -0.427 e. The predicted molar refractivity (Wildman–Crippen MR) is 60.4 cm³/mol. The molecule has 102 valence electrons. The van der Waals surface area contributed by atoms with Crippen LogP contribution in [0.25, 0.3) is 11.5 Å². The summed E-state index contributed by atoms with van der Waals surface area (Å²) < 4.78 is 0.435. The van der Waals surface area contributed by atoms with Gasteiger partial charge in [-0.25, -0.2) is 4.98 Å². The van der Waals surface area contributed by atoms with Crippen LogP contribution in [0, 0.1) is 0 Å². The molecule has 6 N–H and O–H groups in total. The third-order valence-electron chi connectivity index (χ3n) is 2.42. The van der Waals surface area contributed by atoms with Crippen LogP contribution >= 0.6 is 0 Å². The molecule has 2 aliphatic heterocycles. The Hall–Kier alpha value is -2.30. The predicted octanol–water partition coefficient (Wildman–Crippen LogP) is -2.66. The number of anilines is 1. The number of aliphatic hydroxyl groups is 3. The van der Waals surface area contributed by atoms with Gasteiger partial charge in [-0.05, 0) is 0 Å². The smallest absolute Gasteiger partial charge is 0.302 e. The second-order valence-corrected chi connectivity index (χ2v) is 3.76. The largest absolute Gasteiger partial charge is 0.427 e. The van der Waals surface area contributed by atoms with Crippen LogP contribution in [-0.4, -0.2) is 52.9 Å². The number of fused-ring (bicyclic) bond motifs is 1. The van der Waals surface area contributed by atoms with Gasteiger partial charge in [0, 0.05) is 0 Å². The highest BCUT2D eigenvalue weighted by atomic mass is 16.5. The Kier molecular flexibility index (Phi) is 3.29. The summed E-state index contributed by atoms with van der Waals surface area (Å²) in [4.78, 5) is 22.3. The topological polar surface area (TPSA) is 168 Å². The third kappa shape index (κ3) is 2.31. The van der Waals surface area contributed by atoms with Gasteiger partial charge in [0.25, 0.3) is 0 Å². The first-order valence-electron chi connectivity index (χ1n) is 5.17. The zero-order valence-electron chi connectivity index (χ0n) is 9.50. The monoisotopic (exact) mass is 269 g/mol.